The van der Waals surface area contributed by atoms with Crippen molar-refractivity contribution in [2.45, 2.75) is 57.5 Å². The summed E-state index contributed by atoms with van der Waals surface area (Å²) in [6.45, 7) is 1.25. The van der Waals surface area contributed by atoms with Crippen LogP contribution < -0.4 is 10.1 Å². The Bertz CT molecular complexity index is 835. The summed E-state index contributed by atoms with van der Waals surface area (Å²) in [6, 6.07) is 3.99. The van der Waals surface area contributed by atoms with E-state index in [2.05, 4.69) is 10.3 Å². The molecular formula is C21H27ClN4O3. The van der Waals surface area contributed by atoms with Crippen molar-refractivity contribution >= 4 is 35.1 Å². The van der Waals surface area contributed by atoms with Crippen LogP contribution in [0, 0.1) is 0 Å². The first kappa shape index (κ1) is 20.0. The van der Waals surface area contributed by atoms with Gasteiger partial charge in [-0.3, -0.25) is 14.9 Å². The van der Waals surface area contributed by atoms with Crippen LogP contribution in [0.1, 0.15) is 50.5 Å². The first-order chi connectivity index (χ1) is 14.0. The van der Waals surface area contributed by atoms with Crippen molar-refractivity contribution in [3.8, 4) is 5.75 Å². The summed E-state index contributed by atoms with van der Waals surface area (Å²) in [6.07, 6.45) is 7.09. The Morgan fingerprint density at radius 2 is 2.10 bits per heavy atom. The van der Waals surface area contributed by atoms with Gasteiger partial charge in [0.15, 0.2) is 0 Å². The summed E-state index contributed by atoms with van der Waals surface area (Å²) in [4.78, 5) is 32.4. The summed E-state index contributed by atoms with van der Waals surface area (Å²) in [5.74, 6) is 1.36. The lowest BCUT2D eigenvalue weighted by atomic mass is 9.94. The zero-order valence-electron chi connectivity index (χ0n) is 16.7. The molecule has 156 valence electrons. The number of carbonyl (C=O) groups is 2. The van der Waals surface area contributed by atoms with E-state index in [1.54, 1.807) is 6.07 Å². The number of halogens is 1. The molecule has 0 unspecified atom stereocenters. The molecule has 7 nitrogen and oxygen atoms in total. The molecule has 1 saturated heterocycles. The minimum absolute atomic E-state index is 0.0734. The molecule has 1 aromatic carbocycles. The van der Waals surface area contributed by atoms with E-state index in [-0.39, 0.29) is 18.4 Å². The Labute approximate surface area is 176 Å². The highest BCUT2D eigenvalue weighted by molar-refractivity contribution is 6.33. The fourth-order valence-electron chi connectivity index (χ4n) is 4.27. The molecule has 0 radical (unpaired) electrons. The average Bonchev–Trinajstić information content (AvgIpc) is 3.10. The smallest absolute Gasteiger partial charge is 0.246 e. The number of hydrogen-bond acceptors (Lipinski definition) is 5. The highest BCUT2D eigenvalue weighted by Crippen LogP contribution is 2.39. The Morgan fingerprint density at radius 3 is 2.90 bits per heavy atom. The maximum atomic E-state index is 12.5. The molecule has 2 heterocycles. The number of rotatable bonds is 6. The normalized spacial score (nSPS) is 18.6. The summed E-state index contributed by atoms with van der Waals surface area (Å²) < 4.78 is 5.98. The summed E-state index contributed by atoms with van der Waals surface area (Å²) in [5.41, 5.74) is 1.52. The number of ether oxygens (including phenoxy) is 1. The quantitative estimate of drug-likeness (QED) is 0.720. The van der Waals surface area contributed by atoms with Gasteiger partial charge in [-0.2, -0.15) is 0 Å². The van der Waals surface area contributed by atoms with Crippen molar-refractivity contribution in [3.05, 3.63) is 22.7 Å². The van der Waals surface area contributed by atoms with Crippen LogP contribution in [0.5, 0.6) is 5.75 Å². The Hall–Kier alpha value is -2.28. The number of fused-ring (bicyclic) bond motifs is 2. The second-order valence-electron chi connectivity index (χ2n) is 7.96. The topological polar surface area (TPSA) is 74.2 Å². The van der Waals surface area contributed by atoms with Crippen molar-refractivity contribution < 1.29 is 14.3 Å². The summed E-state index contributed by atoms with van der Waals surface area (Å²) in [7, 11) is 1.93. The third-order valence-corrected chi connectivity index (χ3v) is 6.26. The van der Waals surface area contributed by atoms with Gasteiger partial charge in [0.05, 0.1) is 23.9 Å². The standard InChI is InChI=1S/C21H27ClN4O3/c1-25(14-6-3-2-4-7-14)19(28)8-5-11-29-17-10-9-16(22)20-15(17)12-26-13-18(27)23-21(26)24-20/h9-10,14H,2-8,11-13H2,1H3,(H,23,24,27). The van der Waals surface area contributed by atoms with Crippen LogP contribution >= 0.6 is 11.6 Å². The molecule has 0 atom stereocenters. The minimum atomic E-state index is -0.0734. The molecule has 29 heavy (non-hydrogen) atoms. The molecule has 3 aliphatic rings. The lowest BCUT2D eigenvalue weighted by Gasteiger charge is -2.31. The number of guanidine groups is 1. The van der Waals surface area contributed by atoms with E-state index in [0.29, 0.717) is 54.5 Å². The molecule has 1 aromatic rings. The van der Waals surface area contributed by atoms with E-state index < -0.39 is 0 Å². The molecule has 0 aromatic heterocycles. The Morgan fingerprint density at radius 1 is 1.31 bits per heavy atom. The predicted molar refractivity (Wildman–Crippen MR) is 111 cm³/mol. The van der Waals surface area contributed by atoms with Crippen molar-refractivity contribution in [3.63, 3.8) is 0 Å². The molecule has 2 amide bonds. The number of carbonyl (C=O) groups excluding carboxylic acids is 2. The second-order valence-corrected chi connectivity index (χ2v) is 8.37. The Balaban J connectivity index is 1.33. The van der Waals surface area contributed by atoms with E-state index in [0.717, 1.165) is 18.4 Å². The van der Waals surface area contributed by atoms with Crippen molar-refractivity contribution in [1.29, 1.82) is 0 Å². The number of nitrogens with one attached hydrogen (secondary N) is 1. The highest BCUT2D eigenvalue weighted by atomic mass is 35.5. The first-order valence-electron chi connectivity index (χ1n) is 10.4. The van der Waals surface area contributed by atoms with Gasteiger partial charge in [-0.25, -0.2) is 4.99 Å². The molecular weight excluding hydrogens is 392 g/mol. The van der Waals surface area contributed by atoms with E-state index in [1.165, 1.54) is 19.3 Å². The van der Waals surface area contributed by atoms with Gasteiger partial charge in [0.1, 0.15) is 12.3 Å². The zero-order chi connectivity index (χ0) is 20.4. The fourth-order valence-corrected chi connectivity index (χ4v) is 4.49. The van der Waals surface area contributed by atoms with Crippen molar-refractivity contribution in [2.75, 3.05) is 20.2 Å². The zero-order valence-corrected chi connectivity index (χ0v) is 17.5. The summed E-state index contributed by atoms with van der Waals surface area (Å²) in [5, 5.41) is 3.27. The molecule has 2 fully saturated rings. The summed E-state index contributed by atoms with van der Waals surface area (Å²) >= 11 is 6.31. The van der Waals surface area contributed by atoms with Gasteiger partial charge in [0, 0.05) is 25.1 Å². The first-order valence-corrected chi connectivity index (χ1v) is 10.7. The molecule has 0 bridgehead atoms. The van der Waals surface area contributed by atoms with Gasteiger partial charge in [-0.05, 0) is 31.4 Å². The van der Waals surface area contributed by atoms with Crippen LogP contribution in [-0.4, -0.2) is 53.8 Å². The third kappa shape index (κ3) is 4.34. The maximum Gasteiger partial charge on any atom is 0.246 e. The lowest BCUT2D eigenvalue weighted by Crippen LogP contribution is -2.38. The predicted octanol–water partition coefficient (Wildman–Crippen LogP) is 3.22. The van der Waals surface area contributed by atoms with Gasteiger partial charge < -0.3 is 14.5 Å². The second kappa shape index (κ2) is 8.61. The fraction of sp³-hybridized carbons (Fsp3) is 0.571. The van der Waals surface area contributed by atoms with Crippen LogP contribution in [0.2, 0.25) is 5.02 Å². The molecule has 8 heteroatoms. The van der Waals surface area contributed by atoms with Crippen molar-refractivity contribution in [1.82, 2.24) is 15.1 Å². The molecule has 2 aliphatic heterocycles. The monoisotopic (exact) mass is 418 g/mol. The highest BCUT2D eigenvalue weighted by Gasteiger charge is 2.31. The van der Waals surface area contributed by atoms with Crippen molar-refractivity contribution in [2.24, 2.45) is 4.99 Å². The van der Waals surface area contributed by atoms with E-state index in [1.807, 2.05) is 22.9 Å². The van der Waals surface area contributed by atoms with Gasteiger partial charge in [-0.1, -0.05) is 30.9 Å². The SMILES string of the molecule is CN(C(=O)CCCOc1ccc(Cl)c2c1CN1CC(=O)NC1=N2)C1CCCCC1. The number of hydrogen-bond donors (Lipinski definition) is 1. The number of aliphatic imine (C=N–C) groups is 1. The van der Waals surface area contributed by atoms with Crippen LogP contribution in [0.3, 0.4) is 0 Å². The van der Waals surface area contributed by atoms with E-state index in [4.69, 9.17) is 16.3 Å². The Kier molecular flexibility index (Phi) is 5.94. The van der Waals surface area contributed by atoms with Gasteiger partial charge >= 0.3 is 0 Å². The van der Waals surface area contributed by atoms with Crippen LogP contribution in [0.15, 0.2) is 17.1 Å². The number of amides is 2. The van der Waals surface area contributed by atoms with Crippen LogP contribution in [-0.2, 0) is 16.1 Å². The van der Waals surface area contributed by atoms with Crippen LogP contribution in [0.4, 0.5) is 5.69 Å². The average molecular weight is 419 g/mol. The van der Waals surface area contributed by atoms with E-state index >= 15 is 0 Å². The molecule has 1 saturated carbocycles. The maximum absolute atomic E-state index is 12.5. The largest absolute Gasteiger partial charge is 0.493 e. The molecule has 1 aliphatic carbocycles. The number of benzene rings is 1. The van der Waals surface area contributed by atoms with Gasteiger partial charge in [0.2, 0.25) is 17.8 Å². The lowest BCUT2D eigenvalue weighted by molar-refractivity contribution is -0.132. The molecule has 0 spiro atoms. The molecule has 4 rings (SSSR count). The minimum Gasteiger partial charge on any atom is -0.493 e. The van der Waals surface area contributed by atoms with Crippen LogP contribution in [0.25, 0.3) is 0 Å². The van der Waals surface area contributed by atoms with Gasteiger partial charge in [0.25, 0.3) is 0 Å². The van der Waals surface area contributed by atoms with Gasteiger partial charge in [-0.15, -0.1) is 0 Å². The number of nitrogens with zero attached hydrogens (tertiary/aromatic N) is 3. The third-order valence-electron chi connectivity index (χ3n) is 5.95. The van der Waals surface area contributed by atoms with E-state index in [9.17, 15) is 9.59 Å². The molecule has 1 N–H and O–H groups in total.